The van der Waals surface area contributed by atoms with Crippen molar-refractivity contribution >= 4 is 34.1 Å². The summed E-state index contributed by atoms with van der Waals surface area (Å²) in [5, 5.41) is 4.26. The van der Waals surface area contributed by atoms with Gasteiger partial charge in [-0.3, -0.25) is 14.5 Å². The number of anilines is 2. The molecule has 1 saturated heterocycles. The zero-order valence-corrected chi connectivity index (χ0v) is 29.8. The Balaban J connectivity index is 0.998. The SMILES string of the molecule is CCC(C)C(C(=O)Nc1ccc(N2CCN(C(c3ccccc3)c3ccccc3)CC2)cc1)N1C(=O)c2ccccc2C1c1c[nH]c2ccccc12. The normalized spacial score (nSPS) is 17.4. The summed E-state index contributed by atoms with van der Waals surface area (Å²) < 4.78 is 0. The molecule has 0 spiro atoms. The fraction of sp³-hybridized carbons (Fsp3) is 0.244. The smallest absolute Gasteiger partial charge is 0.255 e. The molecule has 1 fully saturated rings. The maximum absolute atomic E-state index is 14.4. The molecule has 3 heterocycles. The minimum absolute atomic E-state index is 0.0721. The van der Waals surface area contributed by atoms with Crippen molar-refractivity contribution in [3.05, 3.63) is 167 Å². The van der Waals surface area contributed by atoms with Gasteiger partial charge in [0.1, 0.15) is 6.04 Å². The van der Waals surface area contributed by atoms with Crippen LogP contribution in [-0.2, 0) is 4.79 Å². The van der Waals surface area contributed by atoms with Gasteiger partial charge in [0, 0.05) is 65.8 Å². The van der Waals surface area contributed by atoms with Crippen LogP contribution in [0.3, 0.4) is 0 Å². The standard InChI is InChI=1S/C45H45N5O2/c1-3-31(2)41(50-43(37-19-10-11-20-38(37)45(50)52)39-30-46-40-21-13-12-18-36(39)40)44(51)47-34-22-24-35(25-23-34)48-26-28-49(29-27-48)42(32-14-6-4-7-15-32)33-16-8-5-9-17-33/h4-25,30-31,41-43,46H,3,26-29H2,1-2H3,(H,47,51). The van der Waals surface area contributed by atoms with E-state index in [1.54, 1.807) is 0 Å². The number of carbonyl (C=O) groups is 2. The first-order valence-electron chi connectivity index (χ1n) is 18.5. The van der Waals surface area contributed by atoms with E-state index in [2.05, 4.69) is 113 Å². The summed E-state index contributed by atoms with van der Waals surface area (Å²) in [6.45, 7) is 7.84. The number of amides is 2. The van der Waals surface area contributed by atoms with Crippen LogP contribution in [0.15, 0.2) is 140 Å². The summed E-state index contributed by atoms with van der Waals surface area (Å²) in [5.74, 6) is -0.352. The van der Waals surface area contributed by atoms with Gasteiger partial charge in [-0.1, -0.05) is 117 Å². The second kappa shape index (κ2) is 14.5. The van der Waals surface area contributed by atoms with Crippen LogP contribution in [0.25, 0.3) is 10.9 Å². The van der Waals surface area contributed by atoms with Gasteiger partial charge in [0.05, 0.1) is 12.1 Å². The first kappa shape index (κ1) is 33.5. The van der Waals surface area contributed by atoms with Crippen LogP contribution >= 0.6 is 0 Å². The third kappa shape index (κ3) is 6.26. The third-order valence-electron chi connectivity index (χ3n) is 11.1. The summed E-state index contributed by atoms with van der Waals surface area (Å²) in [4.78, 5) is 38.8. The predicted molar refractivity (Wildman–Crippen MR) is 210 cm³/mol. The first-order valence-corrected chi connectivity index (χ1v) is 18.5. The molecule has 8 rings (SSSR count). The molecule has 0 aliphatic carbocycles. The van der Waals surface area contributed by atoms with E-state index < -0.39 is 6.04 Å². The number of para-hydroxylation sites is 1. The summed E-state index contributed by atoms with van der Waals surface area (Å²) in [6, 6.07) is 44.8. The van der Waals surface area contributed by atoms with Gasteiger partial charge in [-0.15, -0.1) is 0 Å². The highest BCUT2D eigenvalue weighted by Gasteiger charge is 2.46. The fourth-order valence-corrected chi connectivity index (χ4v) is 8.24. The molecule has 262 valence electrons. The Bertz CT molecular complexity index is 2120. The van der Waals surface area contributed by atoms with Crippen molar-refractivity contribution in [2.75, 3.05) is 36.4 Å². The second-order valence-corrected chi connectivity index (χ2v) is 14.1. The molecule has 3 unspecified atom stereocenters. The van der Waals surface area contributed by atoms with Crippen molar-refractivity contribution in [2.24, 2.45) is 5.92 Å². The van der Waals surface area contributed by atoms with Gasteiger partial charge < -0.3 is 20.1 Å². The van der Waals surface area contributed by atoms with Gasteiger partial charge in [-0.25, -0.2) is 0 Å². The lowest BCUT2D eigenvalue weighted by Crippen LogP contribution is -2.49. The summed E-state index contributed by atoms with van der Waals surface area (Å²) in [5.41, 5.74) is 8.07. The summed E-state index contributed by atoms with van der Waals surface area (Å²) in [6.07, 6.45) is 2.74. The molecule has 2 aliphatic heterocycles. The number of hydrogen-bond donors (Lipinski definition) is 2. The highest BCUT2D eigenvalue weighted by atomic mass is 16.2. The van der Waals surface area contributed by atoms with Crippen LogP contribution in [0.2, 0.25) is 0 Å². The van der Waals surface area contributed by atoms with Gasteiger partial charge in [0.2, 0.25) is 5.91 Å². The van der Waals surface area contributed by atoms with Crippen LogP contribution in [0.1, 0.15) is 65.0 Å². The molecule has 0 radical (unpaired) electrons. The maximum atomic E-state index is 14.4. The molecule has 6 aromatic rings. The Kier molecular flexibility index (Phi) is 9.35. The van der Waals surface area contributed by atoms with Gasteiger partial charge in [-0.05, 0) is 59.0 Å². The van der Waals surface area contributed by atoms with E-state index in [1.165, 1.54) is 11.1 Å². The largest absolute Gasteiger partial charge is 0.369 e. The van der Waals surface area contributed by atoms with Gasteiger partial charge in [-0.2, -0.15) is 0 Å². The van der Waals surface area contributed by atoms with E-state index in [0.717, 1.165) is 66.0 Å². The molecular formula is C45H45N5O2. The number of nitrogens with zero attached hydrogens (tertiary/aromatic N) is 3. The molecule has 0 bridgehead atoms. The number of hydrogen-bond acceptors (Lipinski definition) is 4. The molecule has 2 aliphatic rings. The summed E-state index contributed by atoms with van der Waals surface area (Å²) >= 11 is 0. The number of nitrogens with one attached hydrogen (secondary N) is 2. The Morgan fingerprint density at radius 2 is 1.37 bits per heavy atom. The predicted octanol–water partition coefficient (Wildman–Crippen LogP) is 8.68. The Morgan fingerprint density at radius 1 is 0.750 bits per heavy atom. The van der Waals surface area contributed by atoms with Crippen molar-refractivity contribution in [3.8, 4) is 0 Å². The zero-order valence-electron chi connectivity index (χ0n) is 29.8. The fourth-order valence-electron chi connectivity index (χ4n) is 8.24. The van der Waals surface area contributed by atoms with Gasteiger partial charge in [0.15, 0.2) is 0 Å². The maximum Gasteiger partial charge on any atom is 0.255 e. The highest BCUT2D eigenvalue weighted by Crippen LogP contribution is 2.44. The molecule has 2 N–H and O–H groups in total. The second-order valence-electron chi connectivity index (χ2n) is 14.1. The molecule has 1 aromatic heterocycles. The Labute approximate surface area is 305 Å². The van der Waals surface area contributed by atoms with Crippen LogP contribution in [0, 0.1) is 5.92 Å². The zero-order chi connectivity index (χ0) is 35.6. The number of aromatic nitrogens is 1. The number of H-pyrrole nitrogens is 1. The molecular weight excluding hydrogens is 643 g/mol. The van der Waals surface area contributed by atoms with Crippen LogP contribution in [-0.4, -0.2) is 58.8 Å². The van der Waals surface area contributed by atoms with Crippen molar-refractivity contribution in [2.45, 2.75) is 38.4 Å². The summed E-state index contributed by atoms with van der Waals surface area (Å²) in [7, 11) is 0. The first-order chi connectivity index (χ1) is 25.5. The van der Waals surface area contributed by atoms with Crippen LogP contribution < -0.4 is 10.2 Å². The lowest BCUT2D eigenvalue weighted by Gasteiger charge is -2.40. The third-order valence-corrected chi connectivity index (χ3v) is 11.1. The lowest BCUT2D eigenvalue weighted by molar-refractivity contribution is -0.122. The van der Waals surface area contributed by atoms with E-state index in [1.807, 2.05) is 65.7 Å². The molecule has 0 saturated carbocycles. The number of carbonyl (C=O) groups excluding carboxylic acids is 2. The van der Waals surface area contributed by atoms with Gasteiger partial charge in [0.25, 0.3) is 5.91 Å². The van der Waals surface area contributed by atoms with Crippen molar-refractivity contribution in [3.63, 3.8) is 0 Å². The minimum Gasteiger partial charge on any atom is -0.369 e. The molecule has 7 heteroatoms. The molecule has 7 nitrogen and oxygen atoms in total. The molecule has 52 heavy (non-hydrogen) atoms. The van der Waals surface area contributed by atoms with Gasteiger partial charge >= 0.3 is 0 Å². The van der Waals surface area contributed by atoms with E-state index in [4.69, 9.17) is 0 Å². The average molecular weight is 688 g/mol. The van der Waals surface area contributed by atoms with E-state index >= 15 is 0 Å². The topological polar surface area (TPSA) is 71.7 Å². The monoisotopic (exact) mass is 687 g/mol. The van der Waals surface area contributed by atoms with Crippen LogP contribution in [0.5, 0.6) is 0 Å². The molecule has 2 amide bonds. The van der Waals surface area contributed by atoms with Crippen molar-refractivity contribution < 1.29 is 9.59 Å². The quantitative estimate of drug-likeness (QED) is 0.151. The minimum atomic E-state index is -0.668. The van der Waals surface area contributed by atoms with Crippen LogP contribution in [0.4, 0.5) is 11.4 Å². The molecule has 3 atom stereocenters. The number of benzene rings is 5. The number of fused-ring (bicyclic) bond motifs is 2. The average Bonchev–Trinajstić information content (AvgIpc) is 3.74. The number of piperazine rings is 1. The Hall–Kier alpha value is -5.66. The Morgan fingerprint density at radius 3 is 2.04 bits per heavy atom. The van der Waals surface area contributed by atoms with E-state index in [-0.39, 0.29) is 29.8 Å². The van der Waals surface area contributed by atoms with E-state index in [9.17, 15) is 9.59 Å². The number of aromatic amines is 1. The highest BCUT2D eigenvalue weighted by molar-refractivity contribution is 6.05. The number of rotatable bonds is 10. The van der Waals surface area contributed by atoms with Crippen molar-refractivity contribution in [1.82, 2.24) is 14.8 Å². The van der Waals surface area contributed by atoms with Crippen molar-refractivity contribution in [1.29, 1.82) is 0 Å². The lowest BCUT2D eigenvalue weighted by atomic mass is 9.92. The molecule has 5 aromatic carbocycles. The van der Waals surface area contributed by atoms with E-state index in [0.29, 0.717) is 5.56 Å².